The van der Waals surface area contributed by atoms with Gasteiger partial charge in [0.25, 0.3) is 11.5 Å². The minimum absolute atomic E-state index is 0.167. The maximum absolute atomic E-state index is 13.8. The van der Waals surface area contributed by atoms with Crippen molar-refractivity contribution in [2.75, 3.05) is 21.3 Å². The van der Waals surface area contributed by atoms with Crippen molar-refractivity contribution in [2.45, 2.75) is 32.4 Å². The summed E-state index contributed by atoms with van der Waals surface area (Å²) in [4.78, 5) is 52.5. The molecule has 39 heavy (non-hydrogen) atoms. The van der Waals surface area contributed by atoms with Gasteiger partial charge in [0, 0.05) is 43.4 Å². The molecule has 0 spiro atoms. The van der Waals surface area contributed by atoms with Crippen LogP contribution in [-0.4, -0.2) is 58.9 Å². The molecule has 12 nitrogen and oxygen atoms in total. The number of nitrogens with two attached hydrogens (primary N) is 1. The average Bonchev–Trinajstić information content (AvgIpc) is 3.41. The number of rotatable bonds is 8. The highest BCUT2D eigenvalue weighted by molar-refractivity contribution is 5.99. The molecule has 0 aliphatic carbocycles. The topological polar surface area (TPSA) is 151 Å². The SMILES string of the molecule is COc1cc(Cc2cc(C3=NOC(c4ccc(=O)n(CC(=O)N(C)OC)c4)C3)nc(C)n2)ccc1F.NC=O. The number of pyridine rings is 1. The van der Waals surface area contributed by atoms with Crippen LogP contribution in [0.2, 0.25) is 0 Å². The van der Waals surface area contributed by atoms with Crippen molar-refractivity contribution in [2.24, 2.45) is 10.9 Å². The molecule has 2 aromatic heterocycles. The summed E-state index contributed by atoms with van der Waals surface area (Å²) in [6, 6.07) is 9.57. The Morgan fingerprint density at radius 1 is 1.26 bits per heavy atom. The third kappa shape index (κ3) is 7.45. The molecular formula is C26H29FN6O6. The number of hydroxylamine groups is 2. The maximum atomic E-state index is 13.8. The molecule has 4 rings (SSSR count). The van der Waals surface area contributed by atoms with Crippen molar-refractivity contribution >= 4 is 18.0 Å². The minimum Gasteiger partial charge on any atom is -0.494 e. The lowest BCUT2D eigenvalue weighted by Gasteiger charge is -2.15. The number of primary amides is 1. The van der Waals surface area contributed by atoms with Gasteiger partial charge in [0.1, 0.15) is 18.1 Å². The third-order valence-corrected chi connectivity index (χ3v) is 5.77. The van der Waals surface area contributed by atoms with Gasteiger partial charge in [0.2, 0.25) is 6.41 Å². The van der Waals surface area contributed by atoms with Gasteiger partial charge in [-0.25, -0.2) is 19.4 Å². The molecule has 2 amide bonds. The van der Waals surface area contributed by atoms with Gasteiger partial charge in [0.05, 0.1) is 19.9 Å². The van der Waals surface area contributed by atoms with Crippen LogP contribution in [0.5, 0.6) is 5.75 Å². The number of aromatic nitrogens is 3. The number of likely N-dealkylation sites (N-methyl/N-ethyl adjacent to an activating group) is 1. The van der Waals surface area contributed by atoms with E-state index in [4.69, 9.17) is 19.2 Å². The predicted octanol–water partition coefficient (Wildman–Crippen LogP) is 1.67. The van der Waals surface area contributed by atoms with Gasteiger partial charge in [-0.2, -0.15) is 0 Å². The van der Waals surface area contributed by atoms with Gasteiger partial charge in [-0.1, -0.05) is 11.2 Å². The summed E-state index contributed by atoms with van der Waals surface area (Å²) in [5, 5.41) is 5.28. The molecule has 3 heterocycles. The first-order valence-corrected chi connectivity index (χ1v) is 11.8. The number of amides is 2. The van der Waals surface area contributed by atoms with Crippen LogP contribution in [0.4, 0.5) is 4.39 Å². The van der Waals surface area contributed by atoms with E-state index in [1.807, 2.05) is 6.07 Å². The molecule has 0 saturated carbocycles. The number of benzene rings is 1. The van der Waals surface area contributed by atoms with Gasteiger partial charge in [-0.05, 0) is 36.8 Å². The second-order valence-electron chi connectivity index (χ2n) is 8.41. The number of nitrogens with zero attached hydrogens (tertiary/aromatic N) is 5. The lowest BCUT2D eigenvalue weighted by atomic mass is 10.0. The van der Waals surface area contributed by atoms with E-state index in [0.717, 1.165) is 16.3 Å². The van der Waals surface area contributed by atoms with Crippen molar-refractivity contribution in [1.82, 2.24) is 19.6 Å². The molecule has 1 atom stereocenters. The van der Waals surface area contributed by atoms with Gasteiger partial charge in [0.15, 0.2) is 17.7 Å². The molecule has 0 radical (unpaired) electrons. The highest BCUT2D eigenvalue weighted by Crippen LogP contribution is 2.29. The number of halogens is 1. The molecule has 0 bridgehead atoms. The van der Waals surface area contributed by atoms with E-state index >= 15 is 0 Å². The van der Waals surface area contributed by atoms with Crippen LogP contribution in [-0.2, 0) is 32.2 Å². The molecule has 0 saturated heterocycles. The first-order chi connectivity index (χ1) is 18.7. The van der Waals surface area contributed by atoms with Gasteiger partial charge >= 0.3 is 0 Å². The molecule has 2 N–H and O–H groups in total. The van der Waals surface area contributed by atoms with Crippen molar-refractivity contribution in [3.05, 3.63) is 87.1 Å². The Labute approximate surface area is 223 Å². The first kappa shape index (κ1) is 28.9. The van der Waals surface area contributed by atoms with Crippen LogP contribution >= 0.6 is 0 Å². The smallest absolute Gasteiger partial charge is 0.265 e. The molecule has 1 aliphatic rings. The van der Waals surface area contributed by atoms with Gasteiger partial charge in [-0.15, -0.1) is 0 Å². The Morgan fingerprint density at radius 3 is 2.69 bits per heavy atom. The van der Waals surface area contributed by atoms with E-state index in [-0.39, 0.29) is 30.2 Å². The average molecular weight is 541 g/mol. The predicted molar refractivity (Wildman–Crippen MR) is 138 cm³/mol. The fraction of sp³-hybridized carbons (Fsp3) is 0.308. The van der Waals surface area contributed by atoms with Crippen molar-refractivity contribution in [3.63, 3.8) is 0 Å². The maximum Gasteiger partial charge on any atom is 0.265 e. The summed E-state index contributed by atoms with van der Waals surface area (Å²) in [6.45, 7) is 1.62. The molecular weight excluding hydrogens is 511 g/mol. The number of methoxy groups -OCH3 is 1. The zero-order chi connectivity index (χ0) is 28.5. The molecule has 3 aromatic rings. The summed E-state index contributed by atoms with van der Waals surface area (Å²) in [5.41, 5.74) is 7.40. The normalized spacial score (nSPS) is 14.0. The van der Waals surface area contributed by atoms with Gasteiger partial charge in [-0.3, -0.25) is 19.2 Å². The van der Waals surface area contributed by atoms with E-state index < -0.39 is 11.9 Å². The third-order valence-electron chi connectivity index (χ3n) is 5.77. The number of carbonyl (C=O) groups excluding carboxylic acids is 2. The van der Waals surface area contributed by atoms with E-state index in [9.17, 15) is 14.0 Å². The Bertz CT molecular complexity index is 1430. The lowest BCUT2D eigenvalue weighted by molar-refractivity contribution is -0.169. The highest BCUT2D eigenvalue weighted by Gasteiger charge is 2.26. The summed E-state index contributed by atoms with van der Waals surface area (Å²) < 4.78 is 20.1. The van der Waals surface area contributed by atoms with Crippen LogP contribution in [0.3, 0.4) is 0 Å². The Kier molecular flexibility index (Phi) is 9.81. The summed E-state index contributed by atoms with van der Waals surface area (Å²) >= 11 is 0. The summed E-state index contributed by atoms with van der Waals surface area (Å²) in [7, 11) is 4.27. The van der Waals surface area contributed by atoms with E-state index in [1.54, 1.807) is 31.3 Å². The number of ether oxygens (including phenoxy) is 1. The van der Waals surface area contributed by atoms with Crippen molar-refractivity contribution in [1.29, 1.82) is 0 Å². The molecule has 1 aliphatic heterocycles. The van der Waals surface area contributed by atoms with Crippen molar-refractivity contribution in [3.8, 4) is 5.75 Å². The van der Waals surface area contributed by atoms with E-state index in [0.29, 0.717) is 35.6 Å². The Balaban J connectivity index is 0.00000134. The fourth-order valence-corrected chi connectivity index (χ4v) is 3.81. The number of aryl methyl sites for hydroxylation is 1. The van der Waals surface area contributed by atoms with Crippen LogP contribution < -0.4 is 16.0 Å². The van der Waals surface area contributed by atoms with E-state index in [2.05, 4.69) is 20.9 Å². The molecule has 13 heteroatoms. The quantitative estimate of drug-likeness (QED) is 0.335. The number of hydrogen-bond acceptors (Lipinski definition) is 9. The van der Waals surface area contributed by atoms with Crippen LogP contribution in [0.1, 0.15) is 40.9 Å². The minimum atomic E-state index is -0.442. The largest absolute Gasteiger partial charge is 0.494 e. The van der Waals surface area contributed by atoms with Gasteiger partial charge < -0.3 is 19.9 Å². The lowest BCUT2D eigenvalue weighted by Crippen LogP contribution is -2.33. The summed E-state index contributed by atoms with van der Waals surface area (Å²) in [6.07, 6.45) is 2.28. The second kappa shape index (κ2) is 13.2. The zero-order valence-electron chi connectivity index (χ0n) is 22.0. The Morgan fingerprint density at radius 2 is 2.00 bits per heavy atom. The molecule has 1 unspecified atom stereocenters. The fourth-order valence-electron chi connectivity index (χ4n) is 3.81. The van der Waals surface area contributed by atoms with Crippen LogP contribution in [0.25, 0.3) is 0 Å². The van der Waals surface area contributed by atoms with Crippen molar-refractivity contribution < 1.29 is 28.4 Å². The second-order valence-corrected chi connectivity index (χ2v) is 8.41. The zero-order valence-corrected chi connectivity index (χ0v) is 22.0. The van der Waals surface area contributed by atoms with Crippen LogP contribution in [0, 0.1) is 12.7 Å². The summed E-state index contributed by atoms with van der Waals surface area (Å²) in [5.74, 6) is -0.0571. The number of oxime groups is 1. The number of carbonyl (C=O) groups is 2. The molecule has 206 valence electrons. The molecule has 1 aromatic carbocycles. The first-order valence-electron chi connectivity index (χ1n) is 11.8. The van der Waals surface area contributed by atoms with Crippen LogP contribution in [0.15, 0.2) is 52.5 Å². The van der Waals surface area contributed by atoms with E-state index in [1.165, 1.54) is 38.0 Å². The Hall–Kier alpha value is -4.65. The highest BCUT2D eigenvalue weighted by atomic mass is 19.1. The standard InChI is InChI=1S/C25H26FN5O5.CH3NO/c1-15-27-18(9-16-5-7-19(26)23(10-16)34-3)11-20(28-15)21-12-22(36-29-21)17-6-8-24(32)31(13-17)14-25(33)30(2)35-4;2-1-3/h5-8,10-11,13,22H,9,12,14H2,1-4H3;1H,(H2,2,3). The molecule has 0 fully saturated rings. The number of hydrogen-bond donors (Lipinski definition) is 1. The monoisotopic (exact) mass is 540 g/mol.